The molecule has 0 atom stereocenters. The fourth-order valence-corrected chi connectivity index (χ4v) is 0.697. The molecular weight excluding hydrogens is 170 g/mol. The molecule has 76 valence electrons. The lowest BCUT2D eigenvalue weighted by atomic mass is 10.4. The van der Waals surface area contributed by atoms with Crippen molar-refractivity contribution in [2.45, 2.75) is 19.9 Å². The molecule has 0 saturated carbocycles. The normalized spacial score (nSPS) is 11.5. The number of guanidine groups is 1. The van der Waals surface area contributed by atoms with Gasteiger partial charge in [-0.25, -0.2) is 4.79 Å². The molecule has 0 radical (unpaired) electrons. The lowest BCUT2D eigenvalue weighted by molar-refractivity contribution is 0.249. The van der Waals surface area contributed by atoms with Crippen LogP contribution in [0.3, 0.4) is 0 Å². The molecule has 0 fully saturated rings. The van der Waals surface area contributed by atoms with Crippen LogP contribution in [0.5, 0.6) is 0 Å². The molecule has 0 saturated heterocycles. The van der Waals surface area contributed by atoms with Crippen molar-refractivity contribution in [3.63, 3.8) is 0 Å². The summed E-state index contributed by atoms with van der Waals surface area (Å²) in [7, 11) is 0. The Morgan fingerprint density at radius 3 is 2.54 bits per heavy atom. The highest BCUT2D eigenvalue weighted by Crippen LogP contribution is 1.75. The van der Waals surface area contributed by atoms with Gasteiger partial charge in [0.05, 0.1) is 6.54 Å². The van der Waals surface area contributed by atoms with Gasteiger partial charge in [-0.05, 0) is 13.8 Å². The zero-order chi connectivity index (χ0) is 10.3. The average molecular weight is 187 g/mol. The second-order valence-electron chi connectivity index (χ2n) is 2.86. The van der Waals surface area contributed by atoms with E-state index in [1.54, 1.807) is 0 Å². The van der Waals surface area contributed by atoms with Crippen molar-refractivity contribution in [3.05, 3.63) is 0 Å². The van der Waals surface area contributed by atoms with E-state index in [0.29, 0.717) is 19.0 Å². The topological polar surface area (TPSA) is 106 Å². The molecule has 0 heterocycles. The zero-order valence-corrected chi connectivity index (χ0v) is 8.00. The largest absolute Gasteiger partial charge is 0.370 e. The number of nitrogens with zero attached hydrogens (tertiary/aromatic N) is 1. The third-order valence-electron chi connectivity index (χ3n) is 1.13. The van der Waals surface area contributed by atoms with Crippen molar-refractivity contribution in [3.8, 4) is 0 Å². The third kappa shape index (κ3) is 8.45. The summed E-state index contributed by atoms with van der Waals surface area (Å²) in [4.78, 5) is 14.2. The number of urea groups is 1. The van der Waals surface area contributed by atoms with Crippen LogP contribution in [0, 0.1) is 0 Å². The molecule has 0 aromatic rings. The minimum Gasteiger partial charge on any atom is -0.370 e. The molecule has 0 aromatic carbocycles. The lowest BCUT2D eigenvalue weighted by Gasteiger charge is -2.08. The van der Waals surface area contributed by atoms with E-state index in [9.17, 15) is 4.79 Å². The lowest BCUT2D eigenvalue weighted by Crippen LogP contribution is -2.38. The first kappa shape index (κ1) is 11.5. The fourth-order valence-electron chi connectivity index (χ4n) is 0.697. The summed E-state index contributed by atoms with van der Waals surface area (Å²) in [6, 6.07) is -0.293. The maximum absolute atomic E-state index is 10.2. The van der Waals surface area contributed by atoms with E-state index < -0.39 is 6.03 Å². The first-order chi connectivity index (χ1) is 6.02. The van der Waals surface area contributed by atoms with Crippen LogP contribution in [0.2, 0.25) is 0 Å². The van der Waals surface area contributed by atoms with E-state index in [-0.39, 0.29) is 6.04 Å². The van der Waals surface area contributed by atoms with Crippen LogP contribution in [-0.2, 0) is 0 Å². The Balaban J connectivity index is 3.53. The van der Waals surface area contributed by atoms with E-state index in [0.717, 1.165) is 0 Å². The van der Waals surface area contributed by atoms with Crippen LogP contribution in [0.4, 0.5) is 4.79 Å². The SMILES string of the molecule is CC(C)NC(N)=NCCNC(N)=O. The standard InChI is InChI=1S/C7H17N5O/c1-5(2)12-6(8)10-3-4-11-7(9)13/h5H,3-4H2,1-2H3,(H3,8,10,12)(H3,9,11,13). The molecule has 6 N–H and O–H groups in total. The number of nitrogens with one attached hydrogen (secondary N) is 2. The molecule has 6 heteroatoms. The minimum atomic E-state index is -0.550. The highest BCUT2D eigenvalue weighted by molar-refractivity contribution is 5.78. The fraction of sp³-hybridized carbons (Fsp3) is 0.714. The summed E-state index contributed by atoms with van der Waals surface area (Å²) in [5.41, 5.74) is 10.3. The van der Waals surface area contributed by atoms with E-state index >= 15 is 0 Å². The molecule has 0 aliphatic heterocycles. The molecule has 2 amide bonds. The van der Waals surface area contributed by atoms with Crippen LogP contribution in [0.1, 0.15) is 13.8 Å². The molecule has 0 unspecified atom stereocenters. The average Bonchev–Trinajstić information content (AvgIpc) is 1.96. The number of carbonyl (C=O) groups excluding carboxylic acids is 1. The quantitative estimate of drug-likeness (QED) is 0.257. The van der Waals surface area contributed by atoms with E-state index in [2.05, 4.69) is 15.6 Å². The summed E-state index contributed by atoms with van der Waals surface area (Å²) >= 11 is 0. The van der Waals surface area contributed by atoms with Crippen molar-refractivity contribution in [2.24, 2.45) is 16.5 Å². The molecule has 0 bridgehead atoms. The summed E-state index contributed by atoms with van der Waals surface area (Å²) in [5, 5.41) is 5.32. The van der Waals surface area contributed by atoms with E-state index in [4.69, 9.17) is 11.5 Å². The molecule has 13 heavy (non-hydrogen) atoms. The van der Waals surface area contributed by atoms with Gasteiger partial charge in [0.15, 0.2) is 5.96 Å². The first-order valence-corrected chi connectivity index (χ1v) is 4.12. The van der Waals surface area contributed by atoms with Crippen LogP contribution in [0.25, 0.3) is 0 Å². The van der Waals surface area contributed by atoms with Gasteiger partial charge >= 0.3 is 6.03 Å². The van der Waals surface area contributed by atoms with Gasteiger partial charge in [-0.15, -0.1) is 0 Å². The predicted octanol–water partition coefficient (Wildman–Crippen LogP) is -1.03. The van der Waals surface area contributed by atoms with Gasteiger partial charge in [-0.2, -0.15) is 0 Å². The Kier molecular flexibility index (Phi) is 5.42. The number of hydrogen-bond acceptors (Lipinski definition) is 2. The molecule has 0 aliphatic carbocycles. The van der Waals surface area contributed by atoms with Crippen molar-refractivity contribution in [1.29, 1.82) is 0 Å². The Bertz CT molecular complexity index is 189. The maximum atomic E-state index is 10.2. The Morgan fingerprint density at radius 2 is 2.08 bits per heavy atom. The van der Waals surface area contributed by atoms with Crippen molar-refractivity contribution in [2.75, 3.05) is 13.1 Å². The second kappa shape index (κ2) is 6.10. The number of primary amides is 1. The summed E-state index contributed by atoms with van der Waals surface area (Å²) in [6.07, 6.45) is 0. The summed E-state index contributed by atoms with van der Waals surface area (Å²) in [6.45, 7) is 4.75. The van der Waals surface area contributed by atoms with Crippen molar-refractivity contribution in [1.82, 2.24) is 10.6 Å². The van der Waals surface area contributed by atoms with Gasteiger partial charge < -0.3 is 22.1 Å². The molecule has 0 aliphatic rings. The minimum absolute atomic E-state index is 0.257. The summed E-state index contributed by atoms with van der Waals surface area (Å²) < 4.78 is 0. The second-order valence-corrected chi connectivity index (χ2v) is 2.86. The van der Waals surface area contributed by atoms with Gasteiger partial charge in [0.2, 0.25) is 0 Å². The van der Waals surface area contributed by atoms with E-state index in [1.165, 1.54) is 0 Å². The number of carbonyl (C=O) groups is 1. The molecule has 0 spiro atoms. The van der Waals surface area contributed by atoms with E-state index in [1.807, 2.05) is 13.8 Å². The van der Waals surface area contributed by atoms with Crippen LogP contribution >= 0.6 is 0 Å². The molecule has 0 aromatic heterocycles. The number of amides is 2. The zero-order valence-electron chi connectivity index (χ0n) is 8.00. The molecule has 6 nitrogen and oxygen atoms in total. The first-order valence-electron chi connectivity index (χ1n) is 4.12. The third-order valence-corrected chi connectivity index (χ3v) is 1.13. The van der Waals surface area contributed by atoms with Gasteiger partial charge in [0.1, 0.15) is 0 Å². The van der Waals surface area contributed by atoms with Crippen LogP contribution < -0.4 is 22.1 Å². The van der Waals surface area contributed by atoms with Crippen molar-refractivity contribution >= 4 is 12.0 Å². The molecular formula is C7H17N5O. The Hall–Kier alpha value is -1.46. The smallest absolute Gasteiger partial charge is 0.312 e. The van der Waals surface area contributed by atoms with Gasteiger partial charge in [0, 0.05) is 12.6 Å². The summed E-state index contributed by atoms with van der Waals surface area (Å²) in [5.74, 6) is 0.376. The molecule has 0 rings (SSSR count). The predicted molar refractivity (Wildman–Crippen MR) is 52.3 cm³/mol. The number of hydrogen-bond donors (Lipinski definition) is 4. The van der Waals surface area contributed by atoms with Crippen LogP contribution in [0.15, 0.2) is 4.99 Å². The number of rotatable bonds is 4. The van der Waals surface area contributed by atoms with Gasteiger partial charge in [-0.1, -0.05) is 0 Å². The maximum Gasteiger partial charge on any atom is 0.312 e. The Morgan fingerprint density at radius 1 is 1.46 bits per heavy atom. The van der Waals surface area contributed by atoms with Crippen molar-refractivity contribution < 1.29 is 4.79 Å². The number of aliphatic imine (C=N–C) groups is 1. The monoisotopic (exact) mass is 187 g/mol. The van der Waals surface area contributed by atoms with Gasteiger partial charge in [-0.3, -0.25) is 4.99 Å². The highest BCUT2D eigenvalue weighted by Gasteiger charge is 1.94. The highest BCUT2D eigenvalue weighted by atomic mass is 16.2. The Labute approximate surface area is 77.8 Å². The van der Waals surface area contributed by atoms with Gasteiger partial charge in [0.25, 0.3) is 0 Å². The number of nitrogens with two attached hydrogens (primary N) is 2. The van der Waals surface area contributed by atoms with Crippen LogP contribution in [-0.4, -0.2) is 31.1 Å².